The van der Waals surface area contributed by atoms with E-state index < -0.39 is 0 Å². The third-order valence-electron chi connectivity index (χ3n) is 6.03. The van der Waals surface area contributed by atoms with Crippen LogP contribution in [0.5, 0.6) is 11.5 Å². The molecule has 1 atom stereocenters. The van der Waals surface area contributed by atoms with Gasteiger partial charge in [0.15, 0.2) is 0 Å². The molecule has 2 aromatic carbocycles. The van der Waals surface area contributed by atoms with Crippen LogP contribution in [0.3, 0.4) is 0 Å². The van der Waals surface area contributed by atoms with E-state index >= 15 is 0 Å². The first-order valence-electron chi connectivity index (χ1n) is 10.9. The standard InChI is InChI=1S/C26H37NO2/c1-25(2,3)21-16-19(17-22(24(21)29)26(4,5)6)23(27-14-8-7-9-15-27)18-10-12-20(28)13-11-18/h10-13,16-17,23,28-29H,7-9,14-15H2,1-6H3. The Hall–Kier alpha value is -2.00. The number of aromatic hydroxyl groups is 2. The van der Waals surface area contributed by atoms with Gasteiger partial charge in [0.25, 0.3) is 0 Å². The van der Waals surface area contributed by atoms with E-state index in [1.807, 2.05) is 12.1 Å². The molecule has 0 aromatic heterocycles. The minimum absolute atomic E-state index is 0.124. The van der Waals surface area contributed by atoms with Gasteiger partial charge in [0, 0.05) is 0 Å². The van der Waals surface area contributed by atoms with Gasteiger partial charge in [0.05, 0.1) is 6.04 Å². The number of hydrogen-bond acceptors (Lipinski definition) is 3. The molecule has 2 N–H and O–H groups in total. The summed E-state index contributed by atoms with van der Waals surface area (Å²) >= 11 is 0. The molecule has 0 amide bonds. The van der Waals surface area contributed by atoms with Gasteiger partial charge in [-0.3, -0.25) is 4.90 Å². The summed E-state index contributed by atoms with van der Waals surface area (Å²) in [6, 6.07) is 12.2. The number of nitrogens with zero attached hydrogens (tertiary/aromatic N) is 1. The highest BCUT2D eigenvalue weighted by Crippen LogP contribution is 2.43. The molecule has 1 aliphatic rings. The van der Waals surface area contributed by atoms with Crippen LogP contribution >= 0.6 is 0 Å². The Morgan fingerprint density at radius 3 is 1.66 bits per heavy atom. The quantitative estimate of drug-likeness (QED) is 0.644. The fourth-order valence-corrected chi connectivity index (χ4v) is 4.41. The Morgan fingerprint density at radius 1 is 0.724 bits per heavy atom. The van der Waals surface area contributed by atoms with E-state index in [2.05, 4.69) is 58.6 Å². The molecule has 3 heteroatoms. The second-order valence-electron chi connectivity index (χ2n) is 10.6. The molecular weight excluding hydrogens is 358 g/mol. The highest BCUT2D eigenvalue weighted by molar-refractivity contribution is 5.52. The maximum atomic E-state index is 11.1. The molecule has 0 spiro atoms. The molecule has 29 heavy (non-hydrogen) atoms. The highest BCUT2D eigenvalue weighted by atomic mass is 16.3. The molecule has 1 unspecified atom stereocenters. The van der Waals surface area contributed by atoms with Crippen LogP contribution < -0.4 is 0 Å². The lowest BCUT2D eigenvalue weighted by molar-refractivity contribution is 0.187. The fourth-order valence-electron chi connectivity index (χ4n) is 4.41. The molecule has 0 saturated carbocycles. The minimum Gasteiger partial charge on any atom is -0.508 e. The zero-order valence-corrected chi connectivity index (χ0v) is 18.9. The summed E-state index contributed by atoms with van der Waals surface area (Å²) in [6.07, 6.45) is 3.71. The molecule has 0 aliphatic carbocycles. The Bertz CT molecular complexity index is 799. The van der Waals surface area contributed by atoms with Crippen molar-refractivity contribution in [2.45, 2.75) is 77.7 Å². The summed E-state index contributed by atoms with van der Waals surface area (Å²) < 4.78 is 0. The van der Waals surface area contributed by atoms with Gasteiger partial charge in [-0.25, -0.2) is 0 Å². The number of piperidine rings is 1. The zero-order chi connectivity index (χ0) is 21.4. The lowest BCUT2D eigenvalue weighted by atomic mass is 9.77. The monoisotopic (exact) mass is 395 g/mol. The molecule has 1 fully saturated rings. The van der Waals surface area contributed by atoms with Crippen molar-refractivity contribution in [3.63, 3.8) is 0 Å². The zero-order valence-electron chi connectivity index (χ0n) is 18.9. The van der Waals surface area contributed by atoms with E-state index in [1.54, 1.807) is 12.1 Å². The summed E-state index contributed by atoms with van der Waals surface area (Å²) in [5.74, 6) is 0.722. The van der Waals surface area contributed by atoms with Gasteiger partial charge in [0.2, 0.25) is 0 Å². The number of benzene rings is 2. The topological polar surface area (TPSA) is 43.7 Å². The van der Waals surface area contributed by atoms with Crippen molar-refractivity contribution in [3.05, 3.63) is 58.7 Å². The lowest BCUT2D eigenvalue weighted by Gasteiger charge is -2.37. The summed E-state index contributed by atoms with van der Waals surface area (Å²) in [4.78, 5) is 2.56. The summed E-state index contributed by atoms with van der Waals surface area (Å²) in [6.45, 7) is 15.1. The number of phenols is 2. The van der Waals surface area contributed by atoms with Crippen LogP contribution in [-0.2, 0) is 10.8 Å². The van der Waals surface area contributed by atoms with Crippen LogP contribution in [0.1, 0.15) is 89.1 Å². The van der Waals surface area contributed by atoms with Gasteiger partial charge in [-0.2, -0.15) is 0 Å². The normalized spacial score (nSPS) is 17.3. The van der Waals surface area contributed by atoms with Crippen molar-refractivity contribution >= 4 is 0 Å². The first-order chi connectivity index (χ1) is 13.5. The summed E-state index contributed by atoms with van der Waals surface area (Å²) in [7, 11) is 0. The Kier molecular flexibility index (Phi) is 6.01. The Labute approximate surface area is 176 Å². The molecule has 3 nitrogen and oxygen atoms in total. The number of rotatable bonds is 3. The van der Waals surface area contributed by atoms with Crippen molar-refractivity contribution < 1.29 is 10.2 Å². The molecule has 3 rings (SSSR count). The maximum Gasteiger partial charge on any atom is 0.123 e. The molecule has 1 saturated heterocycles. The van der Waals surface area contributed by atoms with Gasteiger partial charge in [0.1, 0.15) is 11.5 Å². The Morgan fingerprint density at radius 2 is 1.21 bits per heavy atom. The number of likely N-dealkylation sites (tertiary alicyclic amines) is 1. The second kappa shape index (κ2) is 8.02. The minimum atomic E-state index is -0.151. The average molecular weight is 396 g/mol. The third-order valence-corrected chi connectivity index (χ3v) is 6.03. The van der Waals surface area contributed by atoms with Crippen LogP contribution in [0, 0.1) is 0 Å². The van der Waals surface area contributed by atoms with Crippen molar-refractivity contribution in [2.24, 2.45) is 0 Å². The van der Waals surface area contributed by atoms with E-state index in [9.17, 15) is 10.2 Å². The third kappa shape index (κ3) is 4.78. The molecule has 1 heterocycles. The first kappa shape index (κ1) is 21.7. The van der Waals surface area contributed by atoms with E-state index in [0.29, 0.717) is 11.5 Å². The van der Waals surface area contributed by atoms with E-state index in [-0.39, 0.29) is 16.9 Å². The molecular formula is C26H37NO2. The number of hydrogen-bond donors (Lipinski definition) is 2. The van der Waals surface area contributed by atoms with Crippen LogP contribution in [0.25, 0.3) is 0 Å². The van der Waals surface area contributed by atoms with Gasteiger partial charge in [-0.05, 0) is 83.3 Å². The predicted molar refractivity (Wildman–Crippen MR) is 121 cm³/mol. The van der Waals surface area contributed by atoms with Gasteiger partial charge in [-0.15, -0.1) is 0 Å². The van der Waals surface area contributed by atoms with E-state index in [1.165, 1.54) is 30.4 Å². The summed E-state index contributed by atoms with van der Waals surface area (Å²) in [5.41, 5.74) is 4.12. The molecule has 2 aromatic rings. The average Bonchev–Trinajstić information content (AvgIpc) is 2.63. The highest BCUT2D eigenvalue weighted by Gasteiger charge is 2.31. The SMILES string of the molecule is CC(C)(C)c1cc(C(c2ccc(O)cc2)N2CCCCC2)cc(C(C)(C)C)c1O. The molecule has 0 bridgehead atoms. The number of phenolic OH excluding ortho intramolecular Hbond substituents is 2. The maximum absolute atomic E-state index is 11.1. The molecule has 0 radical (unpaired) electrons. The Balaban J connectivity index is 2.22. The van der Waals surface area contributed by atoms with E-state index in [4.69, 9.17) is 0 Å². The van der Waals surface area contributed by atoms with Crippen molar-refractivity contribution in [2.75, 3.05) is 13.1 Å². The first-order valence-corrected chi connectivity index (χ1v) is 10.9. The van der Waals surface area contributed by atoms with Crippen molar-refractivity contribution in [1.82, 2.24) is 4.90 Å². The predicted octanol–water partition coefficient (Wildman–Crippen LogP) is 6.27. The van der Waals surface area contributed by atoms with Crippen molar-refractivity contribution in [3.8, 4) is 11.5 Å². The second-order valence-corrected chi connectivity index (χ2v) is 10.6. The largest absolute Gasteiger partial charge is 0.508 e. The molecule has 158 valence electrons. The van der Waals surface area contributed by atoms with Crippen LogP contribution in [0.2, 0.25) is 0 Å². The molecule has 1 aliphatic heterocycles. The van der Waals surface area contributed by atoms with Gasteiger partial charge >= 0.3 is 0 Å². The van der Waals surface area contributed by atoms with E-state index in [0.717, 1.165) is 24.2 Å². The van der Waals surface area contributed by atoms with Crippen LogP contribution in [0.15, 0.2) is 36.4 Å². The fraction of sp³-hybridized carbons (Fsp3) is 0.538. The van der Waals surface area contributed by atoms with Gasteiger partial charge < -0.3 is 10.2 Å². The van der Waals surface area contributed by atoms with Gasteiger partial charge in [-0.1, -0.05) is 60.1 Å². The van der Waals surface area contributed by atoms with Crippen LogP contribution in [-0.4, -0.2) is 28.2 Å². The lowest BCUT2D eigenvalue weighted by Crippen LogP contribution is -2.34. The van der Waals surface area contributed by atoms with Crippen LogP contribution in [0.4, 0.5) is 0 Å². The summed E-state index contributed by atoms with van der Waals surface area (Å²) in [5, 5.41) is 20.9. The van der Waals surface area contributed by atoms with Crippen molar-refractivity contribution in [1.29, 1.82) is 0 Å². The smallest absolute Gasteiger partial charge is 0.123 e.